The molecule has 2 aromatic carbocycles. The Morgan fingerprint density at radius 2 is 2.00 bits per heavy atom. The van der Waals surface area contributed by atoms with Crippen LogP contribution in [0.1, 0.15) is 15.9 Å². The van der Waals surface area contributed by atoms with E-state index in [2.05, 4.69) is 21.2 Å². The highest BCUT2D eigenvalue weighted by Gasteiger charge is 2.15. The van der Waals surface area contributed by atoms with Gasteiger partial charge in [0.25, 0.3) is 5.91 Å². The van der Waals surface area contributed by atoms with Gasteiger partial charge in [-0.05, 0) is 48.9 Å². The van der Waals surface area contributed by atoms with E-state index in [1.54, 1.807) is 18.2 Å². The molecule has 2 rings (SSSR count). The van der Waals surface area contributed by atoms with Gasteiger partial charge in [0.2, 0.25) is 0 Å². The Bertz CT molecular complexity index is 767. The second kappa shape index (κ2) is 7.57. The Balaban J connectivity index is 1.93. The van der Waals surface area contributed by atoms with Crippen molar-refractivity contribution in [2.75, 3.05) is 11.9 Å². The third-order valence-electron chi connectivity index (χ3n) is 2.93. The van der Waals surface area contributed by atoms with Gasteiger partial charge < -0.3 is 10.1 Å². The predicted molar refractivity (Wildman–Crippen MR) is 89.2 cm³/mol. The van der Waals surface area contributed by atoms with E-state index < -0.39 is 24.3 Å². The van der Waals surface area contributed by atoms with E-state index >= 15 is 0 Å². The summed E-state index contributed by atoms with van der Waals surface area (Å²) in [6.45, 7) is 1.36. The van der Waals surface area contributed by atoms with E-state index in [0.717, 1.165) is 16.1 Å². The number of carbonyl (C=O) groups excluding carboxylic acids is 2. The van der Waals surface area contributed by atoms with Crippen LogP contribution in [0, 0.1) is 12.7 Å². The third-order valence-corrected chi connectivity index (χ3v) is 4.05. The molecule has 0 saturated heterocycles. The number of hydrogen-bond acceptors (Lipinski definition) is 3. The number of esters is 1. The molecular formula is C16H12BrClFNO3. The summed E-state index contributed by atoms with van der Waals surface area (Å²) in [5.41, 5.74) is 1.24. The number of amides is 1. The summed E-state index contributed by atoms with van der Waals surface area (Å²) >= 11 is 8.96. The molecule has 0 radical (unpaired) electrons. The van der Waals surface area contributed by atoms with Gasteiger partial charge in [0, 0.05) is 15.2 Å². The Labute approximate surface area is 145 Å². The molecule has 0 spiro atoms. The van der Waals surface area contributed by atoms with Gasteiger partial charge >= 0.3 is 5.97 Å². The van der Waals surface area contributed by atoms with Crippen LogP contribution in [0.15, 0.2) is 40.9 Å². The molecule has 7 heteroatoms. The highest BCUT2D eigenvalue weighted by Crippen LogP contribution is 2.20. The van der Waals surface area contributed by atoms with Crippen molar-refractivity contribution in [1.29, 1.82) is 0 Å². The molecular weight excluding hydrogens is 389 g/mol. The normalized spacial score (nSPS) is 10.3. The van der Waals surface area contributed by atoms with Crippen LogP contribution < -0.4 is 5.32 Å². The molecule has 4 nitrogen and oxygen atoms in total. The number of carbonyl (C=O) groups is 2. The van der Waals surface area contributed by atoms with E-state index in [9.17, 15) is 14.0 Å². The van der Waals surface area contributed by atoms with E-state index in [0.29, 0.717) is 5.69 Å². The highest BCUT2D eigenvalue weighted by atomic mass is 79.9. The fourth-order valence-corrected chi connectivity index (χ4v) is 2.19. The van der Waals surface area contributed by atoms with Crippen LogP contribution in [0.4, 0.5) is 10.1 Å². The number of aryl methyl sites for hydroxylation is 1. The quantitative estimate of drug-likeness (QED) is 0.777. The molecule has 1 amide bonds. The minimum absolute atomic E-state index is 0.169. The second-order valence-corrected chi connectivity index (χ2v) is 6.00. The first-order chi connectivity index (χ1) is 10.9. The van der Waals surface area contributed by atoms with Crippen molar-refractivity contribution in [2.45, 2.75) is 6.92 Å². The van der Waals surface area contributed by atoms with Gasteiger partial charge in [-0.25, -0.2) is 9.18 Å². The second-order valence-electron chi connectivity index (χ2n) is 4.71. The minimum atomic E-state index is -0.929. The van der Waals surface area contributed by atoms with Crippen molar-refractivity contribution >= 4 is 45.1 Å². The molecule has 0 saturated carbocycles. The summed E-state index contributed by atoms with van der Waals surface area (Å²) in [7, 11) is 0. The maximum Gasteiger partial charge on any atom is 0.341 e. The smallest absolute Gasteiger partial charge is 0.341 e. The molecule has 0 fully saturated rings. The van der Waals surface area contributed by atoms with Crippen molar-refractivity contribution < 1.29 is 18.7 Å². The lowest BCUT2D eigenvalue weighted by atomic mass is 10.2. The zero-order chi connectivity index (χ0) is 17.0. The van der Waals surface area contributed by atoms with E-state index in [1.165, 1.54) is 12.1 Å². The summed E-state index contributed by atoms with van der Waals surface area (Å²) in [5, 5.41) is 2.76. The van der Waals surface area contributed by atoms with Crippen LogP contribution in [0.2, 0.25) is 5.02 Å². The zero-order valence-corrected chi connectivity index (χ0v) is 14.4. The summed E-state index contributed by atoms with van der Waals surface area (Å²) in [4.78, 5) is 23.5. The lowest BCUT2D eigenvalue weighted by Crippen LogP contribution is -2.21. The van der Waals surface area contributed by atoms with E-state index in [1.807, 2.05) is 6.92 Å². The number of halogens is 3. The molecule has 0 bridgehead atoms. The molecule has 0 aliphatic carbocycles. The molecule has 0 heterocycles. The molecule has 0 atom stereocenters. The topological polar surface area (TPSA) is 55.4 Å². The summed E-state index contributed by atoms with van der Waals surface area (Å²) in [6.07, 6.45) is 0. The molecule has 0 aliphatic heterocycles. The first-order valence-corrected chi connectivity index (χ1v) is 7.72. The number of hydrogen-bond donors (Lipinski definition) is 1. The van der Waals surface area contributed by atoms with Crippen LogP contribution in [-0.4, -0.2) is 18.5 Å². The fourth-order valence-electron chi connectivity index (χ4n) is 1.78. The van der Waals surface area contributed by atoms with Crippen molar-refractivity contribution in [2.24, 2.45) is 0 Å². The Hall–Kier alpha value is -1.92. The average molecular weight is 401 g/mol. The summed E-state index contributed by atoms with van der Waals surface area (Å²) in [6, 6.07) is 8.84. The standard InChI is InChI=1S/C16H12BrClFNO3/c1-9-6-11(3-5-13(9)17)20-15(21)8-23-16(22)12-4-2-10(18)7-14(12)19/h2-7H,8H2,1H3,(H,20,21). The maximum absolute atomic E-state index is 13.6. The van der Waals surface area contributed by atoms with Crippen LogP contribution >= 0.6 is 27.5 Å². The van der Waals surface area contributed by atoms with Gasteiger partial charge in [0.15, 0.2) is 6.61 Å². The van der Waals surface area contributed by atoms with Gasteiger partial charge in [-0.2, -0.15) is 0 Å². The largest absolute Gasteiger partial charge is 0.452 e. The number of benzene rings is 2. The Morgan fingerprint density at radius 3 is 2.65 bits per heavy atom. The van der Waals surface area contributed by atoms with Gasteiger partial charge in [-0.1, -0.05) is 27.5 Å². The average Bonchev–Trinajstić information content (AvgIpc) is 2.48. The molecule has 0 unspecified atom stereocenters. The summed E-state index contributed by atoms with van der Waals surface area (Å²) < 4.78 is 19.3. The number of rotatable bonds is 4. The van der Waals surface area contributed by atoms with Crippen molar-refractivity contribution in [1.82, 2.24) is 0 Å². The third kappa shape index (κ3) is 4.77. The molecule has 23 heavy (non-hydrogen) atoms. The van der Waals surface area contributed by atoms with Crippen molar-refractivity contribution in [3.05, 3.63) is 62.8 Å². The molecule has 0 aromatic heterocycles. The number of nitrogens with one attached hydrogen (secondary N) is 1. The highest BCUT2D eigenvalue weighted by molar-refractivity contribution is 9.10. The molecule has 1 N–H and O–H groups in total. The first kappa shape index (κ1) is 17.4. The fraction of sp³-hybridized carbons (Fsp3) is 0.125. The minimum Gasteiger partial charge on any atom is -0.452 e. The van der Waals surface area contributed by atoms with Gasteiger partial charge in [-0.3, -0.25) is 4.79 Å². The van der Waals surface area contributed by atoms with Crippen molar-refractivity contribution in [3.8, 4) is 0 Å². The summed E-state index contributed by atoms with van der Waals surface area (Å²) in [5.74, 6) is -2.25. The van der Waals surface area contributed by atoms with Crippen LogP contribution in [0.3, 0.4) is 0 Å². The molecule has 120 valence electrons. The zero-order valence-electron chi connectivity index (χ0n) is 12.0. The first-order valence-electron chi connectivity index (χ1n) is 6.55. The van der Waals surface area contributed by atoms with E-state index in [4.69, 9.17) is 16.3 Å². The molecule has 2 aromatic rings. The Morgan fingerprint density at radius 1 is 1.26 bits per heavy atom. The lowest BCUT2D eigenvalue weighted by Gasteiger charge is -2.08. The predicted octanol–water partition coefficient (Wildman–Crippen LogP) is 4.35. The van der Waals surface area contributed by atoms with Crippen LogP contribution in [0.5, 0.6) is 0 Å². The Kier molecular flexibility index (Phi) is 5.74. The number of anilines is 1. The molecule has 0 aliphatic rings. The monoisotopic (exact) mass is 399 g/mol. The van der Waals surface area contributed by atoms with Crippen molar-refractivity contribution in [3.63, 3.8) is 0 Å². The van der Waals surface area contributed by atoms with Gasteiger partial charge in [-0.15, -0.1) is 0 Å². The van der Waals surface area contributed by atoms with Gasteiger partial charge in [0.05, 0.1) is 5.56 Å². The van der Waals surface area contributed by atoms with Gasteiger partial charge in [0.1, 0.15) is 5.82 Å². The van der Waals surface area contributed by atoms with E-state index in [-0.39, 0.29) is 10.6 Å². The number of ether oxygens (including phenoxy) is 1. The lowest BCUT2D eigenvalue weighted by molar-refractivity contribution is -0.119. The maximum atomic E-state index is 13.6. The van der Waals surface area contributed by atoms with Crippen LogP contribution in [-0.2, 0) is 9.53 Å². The SMILES string of the molecule is Cc1cc(NC(=O)COC(=O)c2ccc(Cl)cc2F)ccc1Br. The van der Waals surface area contributed by atoms with Crippen LogP contribution in [0.25, 0.3) is 0 Å².